The van der Waals surface area contributed by atoms with Crippen LogP contribution in [-0.4, -0.2) is 54.3 Å². The van der Waals surface area contributed by atoms with Crippen molar-refractivity contribution in [3.8, 4) is 5.75 Å². The molecule has 1 aromatic carbocycles. The first-order valence-corrected chi connectivity index (χ1v) is 8.86. The van der Waals surface area contributed by atoms with Crippen molar-refractivity contribution in [1.82, 2.24) is 4.90 Å². The van der Waals surface area contributed by atoms with E-state index in [1.54, 1.807) is 4.90 Å². The Labute approximate surface area is 147 Å². The molecule has 2 heterocycles. The summed E-state index contributed by atoms with van der Waals surface area (Å²) in [6, 6.07) is 7.63. The minimum Gasteiger partial charge on any atom is -0.484 e. The van der Waals surface area contributed by atoms with Gasteiger partial charge in [-0.1, -0.05) is 12.1 Å². The molecule has 1 N–H and O–H groups in total. The minimum atomic E-state index is -0.771. The second kappa shape index (κ2) is 7.87. The van der Waals surface area contributed by atoms with Crippen LogP contribution >= 0.6 is 0 Å². The first kappa shape index (κ1) is 17.7. The Morgan fingerprint density at radius 3 is 2.72 bits per heavy atom. The molecule has 2 aliphatic heterocycles. The van der Waals surface area contributed by atoms with Gasteiger partial charge < -0.3 is 19.5 Å². The Bertz CT molecular complexity index is 624. The van der Waals surface area contributed by atoms with E-state index in [1.807, 2.05) is 31.2 Å². The number of ether oxygens (including phenoxy) is 2. The molecule has 0 radical (unpaired) electrons. The molecule has 2 aliphatic rings. The maximum Gasteiger partial charge on any atom is 0.309 e. The van der Waals surface area contributed by atoms with Gasteiger partial charge in [-0.25, -0.2) is 0 Å². The molecular weight excluding hydrogens is 322 g/mol. The standard InChI is InChI=1S/C19H25NO5/c1-13-3-2-4-15(11-13)25-12-17(21)20-8-5-14(6-9-20)18-16(19(22)23)7-10-24-18/h2-4,11,14,16,18H,5-10,12H2,1H3,(H,22,23)/t16?,18-/m0/s1. The summed E-state index contributed by atoms with van der Waals surface area (Å²) in [5.41, 5.74) is 1.09. The molecule has 0 aromatic heterocycles. The van der Waals surface area contributed by atoms with Gasteiger partial charge in [-0.3, -0.25) is 9.59 Å². The molecule has 2 atom stereocenters. The highest BCUT2D eigenvalue weighted by Crippen LogP contribution is 2.33. The van der Waals surface area contributed by atoms with Crippen LogP contribution in [0.4, 0.5) is 0 Å². The van der Waals surface area contributed by atoms with E-state index in [-0.39, 0.29) is 24.5 Å². The average molecular weight is 347 g/mol. The molecule has 1 aromatic rings. The number of benzene rings is 1. The smallest absolute Gasteiger partial charge is 0.309 e. The predicted octanol–water partition coefficient (Wildman–Crippen LogP) is 2.10. The fourth-order valence-electron chi connectivity index (χ4n) is 3.76. The minimum absolute atomic E-state index is 0.0259. The number of likely N-dealkylation sites (tertiary alicyclic amines) is 1. The fourth-order valence-corrected chi connectivity index (χ4v) is 3.76. The third-order valence-electron chi connectivity index (χ3n) is 5.16. The number of aryl methyl sites for hydroxylation is 1. The molecule has 25 heavy (non-hydrogen) atoms. The van der Waals surface area contributed by atoms with E-state index in [2.05, 4.69) is 0 Å². The van der Waals surface area contributed by atoms with Gasteiger partial charge in [-0.15, -0.1) is 0 Å². The molecule has 0 saturated carbocycles. The molecular formula is C19H25NO5. The molecule has 2 saturated heterocycles. The highest BCUT2D eigenvalue weighted by Gasteiger charge is 2.40. The second-order valence-corrected chi connectivity index (χ2v) is 6.89. The van der Waals surface area contributed by atoms with Gasteiger partial charge in [-0.05, 0) is 49.8 Å². The van der Waals surface area contributed by atoms with Crippen molar-refractivity contribution in [2.75, 3.05) is 26.3 Å². The summed E-state index contributed by atoms with van der Waals surface area (Å²) in [4.78, 5) is 25.4. The maximum atomic E-state index is 12.3. The molecule has 2 fully saturated rings. The van der Waals surface area contributed by atoms with Crippen molar-refractivity contribution in [1.29, 1.82) is 0 Å². The number of rotatable bonds is 5. The summed E-state index contributed by atoms with van der Waals surface area (Å²) < 4.78 is 11.3. The van der Waals surface area contributed by atoms with Crippen molar-refractivity contribution in [3.05, 3.63) is 29.8 Å². The van der Waals surface area contributed by atoms with Crippen molar-refractivity contribution in [2.45, 2.75) is 32.3 Å². The number of nitrogens with zero attached hydrogens (tertiary/aromatic N) is 1. The number of piperidine rings is 1. The zero-order valence-electron chi connectivity index (χ0n) is 14.5. The molecule has 1 amide bonds. The highest BCUT2D eigenvalue weighted by atomic mass is 16.5. The normalized spacial score (nSPS) is 24.3. The quantitative estimate of drug-likeness (QED) is 0.883. The number of hydrogen-bond acceptors (Lipinski definition) is 4. The van der Waals surface area contributed by atoms with Crippen LogP contribution < -0.4 is 4.74 Å². The SMILES string of the molecule is Cc1cccc(OCC(=O)N2CCC([C@@H]3OCCC3C(=O)O)CC2)c1. The van der Waals surface area contributed by atoms with E-state index in [1.165, 1.54) is 0 Å². The number of carbonyl (C=O) groups is 2. The zero-order chi connectivity index (χ0) is 17.8. The fraction of sp³-hybridized carbons (Fsp3) is 0.579. The second-order valence-electron chi connectivity index (χ2n) is 6.89. The van der Waals surface area contributed by atoms with Crippen LogP contribution in [0, 0.1) is 18.8 Å². The Hall–Kier alpha value is -2.08. The van der Waals surface area contributed by atoms with Gasteiger partial charge in [0.05, 0.1) is 12.0 Å². The topological polar surface area (TPSA) is 76.1 Å². The van der Waals surface area contributed by atoms with Gasteiger partial charge in [-0.2, -0.15) is 0 Å². The molecule has 0 spiro atoms. The van der Waals surface area contributed by atoms with Crippen LogP contribution in [0.15, 0.2) is 24.3 Å². The van der Waals surface area contributed by atoms with E-state index < -0.39 is 11.9 Å². The van der Waals surface area contributed by atoms with Gasteiger partial charge in [0.2, 0.25) is 0 Å². The Kier molecular flexibility index (Phi) is 5.58. The third kappa shape index (κ3) is 4.31. The van der Waals surface area contributed by atoms with Crippen molar-refractivity contribution >= 4 is 11.9 Å². The predicted molar refractivity (Wildman–Crippen MR) is 91.5 cm³/mol. The molecule has 136 valence electrons. The lowest BCUT2D eigenvalue weighted by molar-refractivity contribution is -0.146. The average Bonchev–Trinajstić information content (AvgIpc) is 3.10. The third-order valence-corrected chi connectivity index (χ3v) is 5.16. The highest BCUT2D eigenvalue weighted by molar-refractivity contribution is 5.77. The van der Waals surface area contributed by atoms with Crippen LogP contribution in [0.25, 0.3) is 0 Å². The number of carboxylic acid groups (broad SMARTS) is 1. The first-order valence-electron chi connectivity index (χ1n) is 8.86. The number of hydrogen-bond donors (Lipinski definition) is 1. The van der Waals surface area contributed by atoms with Crippen LogP contribution in [0.2, 0.25) is 0 Å². The van der Waals surface area contributed by atoms with Gasteiger partial charge >= 0.3 is 5.97 Å². The summed E-state index contributed by atoms with van der Waals surface area (Å²) in [7, 11) is 0. The largest absolute Gasteiger partial charge is 0.484 e. The summed E-state index contributed by atoms with van der Waals surface area (Å²) in [5.74, 6) is -0.288. The van der Waals surface area contributed by atoms with Gasteiger partial charge in [0.25, 0.3) is 5.91 Å². The van der Waals surface area contributed by atoms with E-state index in [9.17, 15) is 14.7 Å². The summed E-state index contributed by atoms with van der Waals surface area (Å²) in [6.45, 7) is 3.80. The number of aliphatic carboxylic acids is 1. The Morgan fingerprint density at radius 1 is 1.28 bits per heavy atom. The summed E-state index contributed by atoms with van der Waals surface area (Å²) in [5, 5.41) is 9.29. The van der Waals surface area contributed by atoms with Crippen molar-refractivity contribution in [2.24, 2.45) is 11.8 Å². The molecule has 6 nitrogen and oxygen atoms in total. The van der Waals surface area contributed by atoms with Crippen LogP contribution in [0.3, 0.4) is 0 Å². The lowest BCUT2D eigenvalue weighted by Crippen LogP contribution is -2.44. The van der Waals surface area contributed by atoms with Crippen LogP contribution in [-0.2, 0) is 14.3 Å². The lowest BCUT2D eigenvalue weighted by Gasteiger charge is -2.35. The lowest BCUT2D eigenvalue weighted by atomic mass is 9.84. The van der Waals surface area contributed by atoms with E-state index in [0.29, 0.717) is 31.9 Å². The number of carbonyl (C=O) groups excluding carboxylic acids is 1. The monoisotopic (exact) mass is 347 g/mol. The molecule has 1 unspecified atom stereocenters. The van der Waals surface area contributed by atoms with Gasteiger partial charge in [0.15, 0.2) is 6.61 Å². The Morgan fingerprint density at radius 2 is 2.04 bits per heavy atom. The van der Waals surface area contributed by atoms with Crippen LogP contribution in [0.1, 0.15) is 24.8 Å². The van der Waals surface area contributed by atoms with Crippen LogP contribution in [0.5, 0.6) is 5.75 Å². The van der Waals surface area contributed by atoms with Gasteiger partial charge in [0.1, 0.15) is 5.75 Å². The maximum absolute atomic E-state index is 12.3. The number of amides is 1. The Balaban J connectivity index is 1.47. The van der Waals surface area contributed by atoms with E-state index in [4.69, 9.17) is 9.47 Å². The van der Waals surface area contributed by atoms with Gasteiger partial charge in [0, 0.05) is 19.7 Å². The van der Waals surface area contributed by atoms with E-state index in [0.717, 1.165) is 18.4 Å². The first-order chi connectivity index (χ1) is 12.0. The molecule has 0 bridgehead atoms. The number of carboxylic acids is 1. The molecule has 6 heteroatoms. The van der Waals surface area contributed by atoms with Crippen molar-refractivity contribution < 1.29 is 24.2 Å². The molecule has 3 rings (SSSR count). The summed E-state index contributed by atoms with van der Waals surface area (Å²) >= 11 is 0. The summed E-state index contributed by atoms with van der Waals surface area (Å²) in [6.07, 6.45) is 1.94. The van der Waals surface area contributed by atoms with Crippen molar-refractivity contribution in [3.63, 3.8) is 0 Å². The van der Waals surface area contributed by atoms with E-state index >= 15 is 0 Å². The zero-order valence-corrected chi connectivity index (χ0v) is 14.5. The molecule has 0 aliphatic carbocycles.